The van der Waals surface area contributed by atoms with Crippen molar-refractivity contribution < 1.29 is 9.47 Å². The van der Waals surface area contributed by atoms with Crippen molar-refractivity contribution in [1.82, 2.24) is 0 Å². The number of benzene rings is 1. The van der Waals surface area contributed by atoms with Gasteiger partial charge in [-0.05, 0) is 12.1 Å². The van der Waals surface area contributed by atoms with E-state index < -0.39 is 0 Å². The zero-order valence-electron chi connectivity index (χ0n) is 7.30. The number of rotatable bonds is 2. The molecule has 1 rings (SSSR count). The Bertz CT molecular complexity index is 357. The summed E-state index contributed by atoms with van der Waals surface area (Å²) in [6.07, 6.45) is 0. The number of halogens is 1. The lowest BCUT2D eigenvalue weighted by Gasteiger charge is -2.07. The molecule has 13 heavy (non-hydrogen) atoms. The van der Waals surface area contributed by atoms with E-state index in [0.29, 0.717) is 22.2 Å². The molecule has 0 aliphatic rings. The van der Waals surface area contributed by atoms with Crippen molar-refractivity contribution in [2.75, 3.05) is 14.2 Å². The molecule has 0 N–H and O–H groups in total. The van der Waals surface area contributed by atoms with Gasteiger partial charge in [0.15, 0.2) is 0 Å². The molecule has 4 heteroatoms. The molecule has 0 saturated carbocycles. The average Bonchev–Trinajstić information content (AvgIpc) is 2.17. The minimum atomic E-state index is 0.392. The maximum absolute atomic E-state index is 6.88. The van der Waals surface area contributed by atoms with Crippen LogP contribution in [0.4, 0.5) is 5.69 Å². The second-order valence-corrected chi connectivity index (χ2v) is 2.68. The molecule has 1 aromatic carbocycles. The Hall–Kier alpha value is -1.40. The van der Waals surface area contributed by atoms with Crippen molar-refractivity contribution in [3.63, 3.8) is 0 Å². The van der Waals surface area contributed by atoms with Crippen molar-refractivity contribution in [1.29, 1.82) is 0 Å². The molecule has 0 unspecified atom stereocenters. The van der Waals surface area contributed by atoms with Crippen molar-refractivity contribution in [2.45, 2.75) is 0 Å². The van der Waals surface area contributed by atoms with E-state index in [4.69, 9.17) is 27.6 Å². The van der Waals surface area contributed by atoms with Crippen LogP contribution in [0.15, 0.2) is 12.1 Å². The van der Waals surface area contributed by atoms with E-state index in [-0.39, 0.29) is 0 Å². The molecular weight excluding hydrogens is 190 g/mol. The number of ether oxygens (including phenoxy) is 2. The van der Waals surface area contributed by atoms with Gasteiger partial charge in [0.2, 0.25) is 5.69 Å². The van der Waals surface area contributed by atoms with E-state index in [0.717, 1.165) is 0 Å². The second kappa shape index (κ2) is 4.01. The van der Waals surface area contributed by atoms with Crippen LogP contribution >= 0.6 is 11.6 Å². The molecule has 0 amide bonds. The summed E-state index contributed by atoms with van der Waals surface area (Å²) in [6.45, 7) is 6.88. The standard InChI is InChI=1S/C9H8ClNO2/c1-11-7-5-8(12-2)6(10)4-9(7)13-3/h4-5H,2-3H3. The first-order valence-electron chi connectivity index (χ1n) is 3.52. The van der Waals surface area contributed by atoms with E-state index in [1.807, 2.05) is 0 Å². The summed E-state index contributed by atoms with van der Waals surface area (Å²) in [5, 5.41) is 0.437. The van der Waals surface area contributed by atoms with Crippen molar-refractivity contribution in [2.24, 2.45) is 0 Å². The van der Waals surface area contributed by atoms with Crippen LogP contribution in [0.2, 0.25) is 5.02 Å². The molecule has 3 nitrogen and oxygen atoms in total. The largest absolute Gasteiger partial charge is 0.508 e. The molecule has 0 fully saturated rings. The highest BCUT2D eigenvalue weighted by Crippen LogP contribution is 2.37. The van der Waals surface area contributed by atoms with Gasteiger partial charge in [-0.2, -0.15) is 0 Å². The summed E-state index contributed by atoms with van der Waals surface area (Å²) in [7, 11) is 2.99. The van der Waals surface area contributed by atoms with Gasteiger partial charge in [-0.1, -0.05) is 11.6 Å². The fourth-order valence-electron chi connectivity index (χ4n) is 0.932. The van der Waals surface area contributed by atoms with Gasteiger partial charge in [-0.15, -0.1) is 0 Å². The predicted molar refractivity (Wildman–Crippen MR) is 50.8 cm³/mol. The quantitative estimate of drug-likeness (QED) is 0.681. The lowest BCUT2D eigenvalue weighted by atomic mass is 10.3. The fourth-order valence-corrected chi connectivity index (χ4v) is 1.16. The molecule has 0 atom stereocenters. The van der Waals surface area contributed by atoms with E-state index in [1.54, 1.807) is 12.1 Å². The van der Waals surface area contributed by atoms with E-state index in [1.165, 1.54) is 14.2 Å². The zero-order valence-corrected chi connectivity index (χ0v) is 8.05. The van der Waals surface area contributed by atoms with Crippen molar-refractivity contribution in [3.8, 4) is 11.5 Å². The molecule has 68 valence electrons. The Labute approximate surface area is 81.7 Å². The second-order valence-electron chi connectivity index (χ2n) is 2.27. The molecule has 0 radical (unpaired) electrons. The highest BCUT2D eigenvalue weighted by atomic mass is 35.5. The number of hydrogen-bond acceptors (Lipinski definition) is 2. The van der Waals surface area contributed by atoms with E-state index in [9.17, 15) is 0 Å². The maximum Gasteiger partial charge on any atom is 0.231 e. The van der Waals surface area contributed by atoms with Crippen LogP contribution in [-0.2, 0) is 0 Å². The summed E-state index contributed by atoms with van der Waals surface area (Å²) in [5.41, 5.74) is 0.392. The average molecular weight is 198 g/mol. The predicted octanol–water partition coefficient (Wildman–Crippen LogP) is 2.91. The summed E-state index contributed by atoms with van der Waals surface area (Å²) in [6, 6.07) is 3.11. The number of hydrogen-bond donors (Lipinski definition) is 0. The Kier molecular flexibility index (Phi) is 2.99. The van der Waals surface area contributed by atoms with Gasteiger partial charge >= 0.3 is 0 Å². The molecule has 0 bridgehead atoms. The van der Waals surface area contributed by atoms with Crippen LogP contribution in [0.5, 0.6) is 11.5 Å². The summed E-state index contributed by atoms with van der Waals surface area (Å²) in [4.78, 5) is 3.28. The number of methoxy groups -OCH3 is 2. The Morgan fingerprint density at radius 1 is 1.23 bits per heavy atom. The summed E-state index contributed by atoms with van der Waals surface area (Å²) in [5.74, 6) is 0.939. The Balaban J connectivity index is 3.28. The molecule has 0 aliphatic carbocycles. The first-order valence-corrected chi connectivity index (χ1v) is 3.89. The molecule has 1 aromatic rings. The number of nitrogens with zero attached hydrogens (tertiary/aromatic N) is 1. The molecule has 0 saturated heterocycles. The van der Waals surface area contributed by atoms with E-state index in [2.05, 4.69) is 4.85 Å². The minimum Gasteiger partial charge on any atom is -0.508 e. The van der Waals surface area contributed by atoms with Crippen LogP contribution in [0.1, 0.15) is 0 Å². The molecule has 0 aliphatic heterocycles. The highest BCUT2D eigenvalue weighted by Gasteiger charge is 2.08. The molecule has 0 aromatic heterocycles. The van der Waals surface area contributed by atoms with Crippen LogP contribution in [0.25, 0.3) is 4.85 Å². The minimum absolute atomic E-state index is 0.392. The van der Waals surface area contributed by atoms with Gasteiger partial charge in [0, 0.05) is 0 Å². The van der Waals surface area contributed by atoms with Gasteiger partial charge in [0.1, 0.15) is 11.5 Å². The first-order chi connectivity index (χ1) is 6.22. The smallest absolute Gasteiger partial charge is 0.231 e. The van der Waals surface area contributed by atoms with Gasteiger partial charge in [-0.25, -0.2) is 4.85 Å². The molecular formula is C9H8ClNO2. The first kappa shape index (κ1) is 9.69. The van der Waals surface area contributed by atoms with E-state index >= 15 is 0 Å². The summed E-state index contributed by atoms with van der Waals surface area (Å²) < 4.78 is 9.92. The third-order valence-electron chi connectivity index (χ3n) is 1.57. The zero-order chi connectivity index (χ0) is 9.84. The lowest BCUT2D eigenvalue weighted by molar-refractivity contribution is 0.405. The maximum atomic E-state index is 6.88. The third kappa shape index (κ3) is 1.85. The molecule has 0 spiro atoms. The van der Waals surface area contributed by atoms with Gasteiger partial charge in [0.25, 0.3) is 0 Å². The van der Waals surface area contributed by atoms with Crippen LogP contribution < -0.4 is 9.47 Å². The SMILES string of the molecule is [C-]#[N+]c1cc(OC)c(Cl)cc1OC. The van der Waals surface area contributed by atoms with Gasteiger partial charge < -0.3 is 9.47 Å². The third-order valence-corrected chi connectivity index (χ3v) is 1.87. The van der Waals surface area contributed by atoms with Crippen LogP contribution in [0, 0.1) is 6.57 Å². The lowest BCUT2D eigenvalue weighted by Crippen LogP contribution is -1.87. The normalized spacial score (nSPS) is 9.08. The Morgan fingerprint density at radius 2 is 1.85 bits per heavy atom. The van der Waals surface area contributed by atoms with Crippen molar-refractivity contribution >= 4 is 17.3 Å². The van der Waals surface area contributed by atoms with Gasteiger partial charge in [-0.3, -0.25) is 0 Å². The summed E-state index contributed by atoms with van der Waals surface area (Å²) >= 11 is 5.83. The topological polar surface area (TPSA) is 22.8 Å². The fraction of sp³-hybridized carbons (Fsp3) is 0.222. The monoisotopic (exact) mass is 197 g/mol. The van der Waals surface area contributed by atoms with Crippen LogP contribution in [0.3, 0.4) is 0 Å². The highest BCUT2D eigenvalue weighted by molar-refractivity contribution is 6.32. The van der Waals surface area contributed by atoms with Crippen LogP contribution in [-0.4, -0.2) is 14.2 Å². The Morgan fingerprint density at radius 3 is 2.31 bits per heavy atom. The van der Waals surface area contributed by atoms with Gasteiger partial charge in [0.05, 0.1) is 25.8 Å². The molecule has 0 heterocycles. The van der Waals surface area contributed by atoms with Crippen molar-refractivity contribution in [3.05, 3.63) is 28.6 Å².